The second-order valence-electron chi connectivity index (χ2n) is 5.43. The molecule has 0 radical (unpaired) electrons. The fourth-order valence-electron chi connectivity index (χ4n) is 1.69. The van der Waals surface area contributed by atoms with Gasteiger partial charge in [0.25, 0.3) is 5.91 Å². The maximum atomic E-state index is 12.1. The van der Waals surface area contributed by atoms with Crippen molar-refractivity contribution in [1.82, 2.24) is 5.32 Å². The molecule has 0 saturated carbocycles. The van der Waals surface area contributed by atoms with Gasteiger partial charge in [-0.3, -0.25) is 4.79 Å². The van der Waals surface area contributed by atoms with Crippen LogP contribution in [0.3, 0.4) is 0 Å². The Balaban J connectivity index is 2.78. The largest absolute Gasteiger partial charge is 0.496 e. The first kappa shape index (κ1) is 15.5. The summed E-state index contributed by atoms with van der Waals surface area (Å²) in [6.45, 7) is 7.19. The molecular weight excluding hydrogens is 240 g/mol. The summed E-state index contributed by atoms with van der Waals surface area (Å²) in [5.41, 5.74) is 7.25. The lowest BCUT2D eigenvalue weighted by Crippen LogP contribution is -2.38. The molecule has 1 rings (SSSR count). The number of carbonyl (C=O) groups is 1. The van der Waals surface area contributed by atoms with Crippen molar-refractivity contribution in [3.63, 3.8) is 0 Å². The van der Waals surface area contributed by atoms with Gasteiger partial charge >= 0.3 is 0 Å². The van der Waals surface area contributed by atoms with Crippen LogP contribution in [0.25, 0.3) is 0 Å². The third kappa shape index (κ3) is 4.24. The van der Waals surface area contributed by atoms with Gasteiger partial charge in [-0.05, 0) is 42.1 Å². The van der Waals surface area contributed by atoms with Crippen LogP contribution in [0.15, 0.2) is 18.2 Å². The van der Waals surface area contributed by atoms with Crippen molar-refractivity contribution in [3.05, 3.63) is 29.3 Å². The fraction of sp³-hybridized carbons (Fsp3) is 0.533. The number of methoxy groups -OCH3 is 1. The van der Waals surface area contributed by atoms with Gasteiger partial charge in [-0.25, -0.2) is 0 Å². The average molecular weight is 264 g/mol. The van der Waals surface area contributed by atoms with Crippen LogP contribution in [0.4, 0.5) is 0 Å². The number of nitrogens with two attached hydrogens (primary N) is 1. The molecule has 106 valence electrons. The van der Waals surface area contributed by atoms with E-state index in [9.17, 15) is 4.79 Å². The molecule has 0 spiro atoms. The third-order valence-electron chi connectivity index (χ3n) is 3.20. The lowest BCUT2D eigenvalue weighted by molar-refractivity contribution is 0.0938. The smallest absolute Gasteiger partial charge is 0.251 e. The molecule has 0 heterocycles. The normalized spacial score (nSPS) is 11.2. The highest BCUT2D eigenvalue weighted by Crippen LogP contribution is 2.20. The molecule has 1 aromatic rings. The molecule has 0 unspecified atom stereocenters. The molecule has 4 nitrogen and oxygen atoms in total. The van der Waals surface area contributed by atoms with Crippen LogP contribution in [0.1, 0.15) is 36.7 Å². The van der Waals surface area contributed by atoms with Crippen LogP contribution < -0.4 is 15.8 Å². The lowest BCUT2D eigenvalue weighted by atomic mass is 9.94. The Bertz CT molecular complexity index is 442. The van der Waals surface area contributed by atoms with Gasteiger partial charge in [0.05, 0.1) is 7.11 Å². The van der Waals surface area contributed by atoms with E-state index >= 15 is 0 Å². The number of hydrogen-bond acceptors (Lipinski definition) is 3. The third-order valence-corrected chi connectivity index (χ3v) is 3.20. The van der Waals surface area contributed by atoms with Gasteiger partial charge in [0.15, 0.2) is 0 Å². The van der Waals surface area contributed by atoms with E-state index in [1.165, 1.54) is 0 Å². The minimum Gasteiger partial charge on any atom is -0.496 e. The average Bonchev–Trinajstić information content (AvgIpc) is 2.44. The van der Waals surface area contributed by atoms with Crippen LogP contribution in [0.2, 0.25) is 0 Å². The van der Waals surface area contributed by atoms with Crippen LogP contribution in [-0.4, -0.2) is 26.1 Å². The van der Waals surface area contributed by atoms with E-state index in [0.29, 0.717) is 18.7 Å². The maximum Gasteiger partial charge on any atom is 0.251 e. The number of benzene rings is 1. The molecule has 0 saturated heterocycles. The molecular formula is C15H24N2O2. The number of nitrogens with one attached hydrogen (secondary N) is 1. The Morgan fingerprint density at radius 2 is 2.11 bits per heavy atom. The molecule has 0 aliphatic carbocycles. The zero-order valence-corrected chi connectivity index (χ0v) is 12.2. The summed E-state index contributed by atoms with van der Waals surface area (Å²) in [6.07, 6.45) is 0.832. The van der Waals surface area contributed by atoms with E-state index in [2.05, 4.69) is 5.32 Å². The summed E-state index contributed by atoms with van der Waals surface area (Å²) in [6, 6.07) is 5.49. The quantitative estimate of drug-likeness (QED) is 0.825. The zero-order chi connectivity index (χ0) is 14.5. The summed E-state index contributed by atoms with van der Waals surface area (Å²) < 4.78 is 5.25. The molecule has 4 heteroatoms. The minimum absolute atomic E-state index is 0.0705. The molecule has 1 amide bonds. The molecule has 0 aromatic heterocycles. The van der Waals surface area contributed by atoms with Crippen molar-refractivity contribution in [3.8, 4) is 5.75 Å². The Morgan fingerprint density at radius 3 is 2.63 bits per heavy atom. The number of carbonyl (C=O) groups excluding carboxylic acids is 1. The summed E-state index contributed by atoms with van der Waals surface area (Å²) in [4.78, 5) is 12.1. The summed E-state index contributed by atoms with van der Waals surface area (Å²) in [5.74, 6) is 0.750. The summed E-state index contributed by atoms with van der Waals surface area (Å²) in [7, 11) is 1.64. The second-order valence-corrected chi connectivity index (χ2v) is 5.43. The van der Waals surface area contributed by atoms with Crippen LogP contribution >= 0.6 is 0 Å². The first-order valence-corrected chi connectivity index (χ1v) is 6.58. The van der Waals surface area contributed by atoms with E-state index in [1.807, 2.05) is 32.9 Å². The van der Waals surface area contributed by atoms with Gasteiger partial charge in [-0.2, -0.15) is 0 Å². The van der Waals surface area contributed by atoms with Crippen LogP contribution in [0.5, 0.6) is 5.75 Å². The lowest BCUT2D eigenvalue weighted by Gasteiger charge is -2.22. The molecule has 0 aliphatic rings. The van der Waals surface area contributed by atoms with Crippen LogP contribution in [-0.2, 0) is 6.42 Å². The Labute approximate surface area is 115 Å². The molecule has 0 fully saturated rings. The summed E-state index contributed by atoms with van der Waals surface area (Å²) >= 11 is 0. The Morgan fingerprint density at radius 1 is 1.42 bits per heavy atom. The van der Waals surface area contributed by atoms with Gasteiger partial charge in [-0.15, -0.1) is 0 Å². The fourth-order valence-corrected chi connectivity index (χ4v) is 1.69. The SMILES string of the molecule is CCc1cc(C(=O)NCC(C)(C)CN)ccc1OC. The maximum absolute atomic E-state index is 12.1. The molecule has 0 aliphatic heterocycles. The monoisotopic (exact) mass is 264 g/mol. The molecule has 1 aromatic carbocycles. The first-order chi connectivity index (χ1) is 8.93. The van der Waals surface area contributed by atoms with Crippen molar-refractivity contribution in [2.45, 2.75) is 27.2 Å². The van der Waals surface area contributed by atoms with Gasteiger partial charge in [-0.1, -0.05) is 20.8 Å². The summed E-state index contributed by atoms with van der Waals surface area (Å²) in [5, 5.41) is 2.92. The van der Waals surface area contributed by atoms with E-state index < -0.39 is 0 Å². The second kappa shape index (κ2) is 6.57. The van der Waals surface area contributed by atoms with Crippen molar-refractivity contribution >= 4 is 5.91 Å². The van der Waals surface area contributed by atoms with Gasteiger partial charge < -0.3 is 15.8 Å². The topological polar surface area (TPSA) is 64.4 Å². The number of ether oxygens (including phenoxy) is 1. The van der Waals surface area contributed by atoms with E-state index in [-0.39, 0.29) is 11.3 Å². The van der Waals surface area contributed by atoms with E-state index in [0.717, 1.165) is 17.7 Å². The molecule has 3 N–H and O–H groups in total. The first-order valence-electron chi connectivity index (χ1n) is 6.58. The van der Waals surface area contributed by atoms with E-state index in [4.69, 9.17) is 10.5 Å². The van der Waals surface area contributed by atoms with Crippen molar-refractivity contribution in [2.75, 3.05) is 20.2 Å². The Kier molecular flexibility index (Phi) is 5.36. The van der Waals surface area contributed by atoms with Crippen LogP contribution in [0, 0.1) is 5.41 Å². The predicted octanol–water partition coefficient (Wildman–Crippen LogP) is 1.97. The predicted molar refractivity (Wildman–Crippen MR) is 77.5 cm³/mol. The molecule has 19 heavy (non-hydrogen) atoms. The van der Waals surface area contributed by atoms with Gasteiger partial charge in [0.2, 0.25) is 0 Å². The zero-order valence-electron chi connectivity index (χ0n) is 12.2. The standard InChI is InChI=1S/C15H24N2O2/c1-5-11-8-12(6-7-13(11)19-4)14(18)17-10-15(2,3)9-16/h6-8H,5,9-10,16H2,1-4H3,(H,17,18). The van der Waals surface area contributed by atoms with Gasteiger partial charge in [0, 0.05) is 12.1 Å². The molecule has 0 atom stereocenters. The Hall–Kier alpha value is -1.55. The van der Waals surface area contributed by atoms with E-state index in [1.54, 1.807) is 13.2 Å². The van der Waals surface area contributed by atoms with Gasteiger partial charge in [0.1, 0.15) is 5.75 Å². The highest BCUT2D eigenvalue weighted by Gasteiger charge is 2.17. The van der Waals surface area contributed by atoms with Crippen molar-refractivity contribution in [2.24, 2.45) is 11.1 Å². The van der Waals surface area contributed by atoms with Crippen molar-refractivity contribution in [1.29, 1.82) is 0 Å². The molecule has 0 bridgehead atoms. The minimum atomic E-state index is -0.0876. The number of aryl methyl sites for hydroxylation is 1. The number of amides is 1. The number of rotatable bonds is 6. The number of hydrogen-bond donors (Lipinski definition) is 2. The highest BCUT2D eigenvalue weighted by atomic mass is 16.5. The highest BCUT2D eigenvalue weighted by molar-refractivity contribution is 5.94. The van der Waals surface area contributed by atoms with Crippen molar-refractivity contribution < 1.29 is 9.53 Å².